The van der Waals surface area contributed by atoms with Gasteiger partial charge in [0.25, 0.3) is 5.56 Å². The van der Waals surface area contributed by atoms with E-state index in [-0.39, 0.29) is 5.56 Å². The molecule has 0 aliphatic rings. The zero-order valence-electron chi connectivity index (χ0n) is 10.2. The number of rotatable bonds is 1. The maximum absolute atomic E-state index is 11.9. The molecule has 0 aliphatic heterocycles. The van der Waals surface area contributed by atoms with Crippen LogP contribution in [0.1, 0.15) is 5.56 Å². The van der Waals surface area contributed by atoms with Gasteiger partial charge >= 0.3 is 0 Å². The van der Waals surface area contributed by atoms with E-state index < -0.39 is 0 Å². The van der Waals surface area contributed by atoms with Gasteiger partial charge in [0, 0.05) is 18.8 Å². The number of nitriles is 1. The first-order chi connectivity index (χ1) is 9.19. The molecule has 0 fully saturated rings. The Labute approximate surface area is 108 Å². The Morgan fingerprint density at radius 1 is 1.26 bits per heavy atom. The molecule has 1 N–H and O–H groups in total. The first-order valence-electron chi connectivity index (χ1n) is 5.75. The molecule has 0 saturated carbocycles. The van der Waals surface area contributed by atoms with Crippen LogP contribution in [0.3, 0.4) is 0 Å². The van der Waals surface area contributed by atoms with Crippen molar-refractivity contribution in [2.45, 2.75) is 0 Å². The maximum atomic E-state index is 11.9. The summed E-state index contributed by atoms with van der Waals surface area (Å²) in [4.78, 5) is 19.1. The Hall–Kier alpha value is -2.87. The Bertz CT molecular complexity index is 850. The fraction of sp³-hybridized carbons (Fsp3) is 0.0714. The summed E-state index contributed by atoms with van der Waals surface area (Å²) in [7, 11) is 1.84. The van der Waals surface area contributed by atoms with Gasteiger partial charge in [-0.05, 0) is 30.3 Å². The Kier molecular flexibility index (Phi) is 2.43. The molecule has 0 aliphatic carbocycles. The average Bonchev–Trinajstić information content (AvgIpc) is 2.81. The monoisotopic (exact) mass is 250 g/mol. The van der Waals surface area contributed by atoms with Crippen LogP contribution in [0.2, 0.25) is 0 Å². The van der Waals surface area contributed by atoms with Gasteiger partial charge < -0.3 is 9.55 Å². The fourth-order valence-corrected chi connectivity index (χ4v) is 1.99. The van der Waals surface area contributed by atoms with Crippen LogP contribution in [0.25, 0.3) is 22.4 Å². The normalized spacial score (nSPS) is 10.5. The number of aromatic amines is 1. The maximum Gasteiger partial charge on any atom is 0.260 e. The summed E-state index contributed by atoms with van der Waals surface area (Å²) in [6, 6.07) is 10.7. The number of aromatic nitrogens is 3. The number of hydrogen-bond donors (Lipinski definition) is 1. The van der Waals surface area contributed by atoms with Crippen LogP contribution in [0.4, 0.5) is 0 Å². The molecular weight excluding hydrogens is 240 g/mol. The van der Waals surface area contributed by atoms with E-state index in [2.05, 4.69) is 16.0 Å². The molecule has 5 nitrogen and oxygen atoms in total. The van der Waals surface area contributed by atoms with Gasteiger partial charge in [-0.1, -0.05) is 0 Å². The van der Waals surface area contributed by atoms with Crippen molar-refractivity contribution in [3.63, 3.8) is 0 Å². The van der Waals surface area contributed by atoms with Crippen molar-refractivity contribution in [1.29, 1.82) is 5.26 Å². The van der Waals surface area contributed by atoms with E-state index in [0.29, 0.717) is 22.4 Å². The number of benzene rings is 1. The molecule has 0 radical (unpaired) electrons. The summed E-state index contributed by atoms with van der Waals surface area (Å²) in [5.74, 6) is 0.504. The number of H-pyrrole nitrogens is 1. The molecule has 0 bridgehead atoms. The van der Waals surface area contributed by atoms with Crippen molar-refractivity contribution in [2.75, 3.05) is 0 Å². The van der Waals surface area contributed by atoms with E-state index in [9.17, 15) is 4.79 Å². The van der Waals surface area contributed by atoms with Crippen molar-refractivity contribution in [2.24, 2.45) is 7.05 Å². The quantitative estimate of drug-likeness (QED) is 0.715. The number of aryl methyl sites for hydroxylation is 1. The van der Waals surface area contributed by atoms with Crippen LogP contribution in [0.15, 0.2) is 41.3 Å². The van der Waals surface area contributed by atoms with E-state index in [0.717, 1.165) is 5.56 Å². The largest absolute Gasteiger partial charge is 0.335 e. The first kappa shape index (κ1) is 11.2. The molecule has 0 saturated heterocycles. The highest BCUT2D eigenvalue weighted by atomic mass is 16.1. The molecule has 0 atom stereocenters. The molecule has 2 aromatic heterocycles. The lowest BCUT2D eigenvalue weighted by Gasteiger charge is -2.02. The second-order valence-corrected chi connectivity index (χ2v) is 4.27. The summed E-state index contributed by atoms with van der Waals surface area (Å²) in [6.07, 6.45) is 1.80. The molecule has 0 amide bonds. The van der Waals surface area contributed by atoms with E-state index in [4.69, 9.17) is 5.26 Å². The second kappa shape index (κ2) is 4.10. The van der Waals surface area contributed by atoms with Crippen LogP contribution >= 0.6 is 0 Å². The van der Waals surface area contributed by atoms with Gasteiger partial charge in [0.2, 0.25) is 0 Å². The van der Waals surface area contributed by atoms with E-state index in [1.807, 2.05) is 7.05 Å². The number of fused-ring (bicyclic) bond motifs is 1. The lowest BCUT2D eigenvalue weighted by atomic mass is 10.1. The van der Waals surface area contributed by atoms with Crippen LogP contribution < -0.4 is 5.56 Å². The Balaban J connectivity index is 2.22. The van der Waals surface area contributed by atoms with Gasteiger partial charge in [-0.3, -0.25) is 4.79 Å². The van der Waals surface area contributed by atoms with E-state index in [1.54, 1.807) is 41.1 Å². The highest BCUT2D eigenvalue weighted by molar-refractivity contribution is 5.77. The SMILES string of the molecule is Cn1ccc2c(=O)[nH]c(-c3ccc(C#N)cc3)nc21. The van der Waals surface area contributed by atoms with E-state index >= 15 is 0 Å². The third-order valence-electron chi connectivity index (χ3n) is 3.02. The molecule has 5 heteroatoms. The molecular formula is C14H10N4O. The minimum absolute atomic E-state index is 0.162. The standard InChI is InChI=1S/C14H10N4O/c1-18-7-6-11-13(18)16-12(17-14(11)19)10-4-2-9(8-15)3-5-10/h2-7H,1H3,(H,16,17,19). The van der Waals surface area contributed by atoms with Gasteiger partial charge in [0.15, 0.2) is 0 Å². The fourth-order valence-electron chi connectivity index (χ4n) is 1.99. The van der Waals surface area contributed by atoms with Gasteiger partial charge in [0.1, 0.15) is 11.5 Å². The predicted octanol–water partition coefficient (Wildman–Crippen LogP) is 1.80. The minimum atomic E-state index is -0.162. The van der Waals surface area contributed by atoms with Gasteiger partial charge in [-0.2, -0.15) is 5.26 Å². The summed E-state index contributed by atoms with van der Waals surface area (Å²) in [5.41, 5.74) is 1.83. The Morgan fingerprint density at radius 3 is 2.68 bits per heavy atom. The van der Waals surface area contributed by atoms with Crippen LogP contribution in [-0.4, -0.2) is 14.5 Å². The third-order valence-corrected chi connectivity index (χ3v) is 3.02. The summed E-state index contributed by atoms with van der Waals surface area (Å²) < 4.78 is 1.80. The Morgan fingerprint density at radius 2 is 2.00 bits per heavy atom. The lowest BCUT2D eigenvalue weighted by molar-refractivity contribution is 0.943. The van der Waals surface area contributed by atoms with Gasteiger partial charge in [-0.15, -0.1) is 0 Å². The summed E-state index contributed by atoms with van der Waals surface area (Å²) >= 11 is 0. The number of nitrogens with zero attached hydrogens (tertiary/aromatic N) is 3. The molecule has 1 aromatic carbocycles. The molecule has 92 valence electrons. The molecule has 3 aromatic rings. The van der Waals surface area contributed by atoms with Gasteiger partial charge in [0.05, 0.1) is 17.0 Å². The highest BCUT2D eigenvalue weighted by Gasteiger charge is 2.08. The molecule has 3 rings (SSSR count). The predicted molar refractivity (Wildman–Crippen MR) is 71.5 cm³/mol. The lowest BCUT2D eigenvalue weighted by Crippen LogP contribution is -2.09. The minimum Gasteiger partial charge on any atom is -0.335 e. The highest BCUT2D eigenvalue weighted by Crippen LogP contribution is 2.17. The smallest absolute Gasteiger partial charge is 0.260 e. The third kappa shape index (κ3) is 1.79. The molecule has 0 unspecified atom stereocenters. The molecule has 2 heterocycles. The number of nitrogens with one attached hydrogen (secondary N) is 1. The molecule has 0 spiro atoms. The van der Waals surface area contributed by atoms with Crippen LogP contribution in [0.5, 0.6) is 0 Å². The van der Waals surface area contributed by atoms with Crippen LogP contribution in [-0.2, 0) is 7.05 Å². The van der Waals surface area contributed by atoms with E-state index in [1.165, 1.54) is 0 Å². The van der Waals surface area contributed by atoms with Crippen molar-refractivity contribution < 1.29 is 0 Å². The summed E-state index contributed by atoms with van der Waals surface area (Å²) in [5, 5.41) is 9.34. The number of hydrogen-bond acceptors (Lipinski definition) is 3. The van der Waals surface area contributed by atoms with Crippen molar-refractivity contribution >= 4 is 11.0 Å². The average molecular weight is 250 g/mol. The van der Waals surface area contributed by atoms with Crippen molar-refractivity contribution in [3.05, 3.63) is 52.4 Å². The second-order valence-electron chi connectivity index (χ2n) is 4.27. The van der Waals surface area contributed by atoms with Crippen molar-refractivity contribution in [3.8, 4) is 17.5 Å². The topological polar surface area (TPSA) is 74.5 Å². The summed E-state index contributed by atoms with van der Waals surface area (Å²) in [6.45, 7) is 0. The zero-order valence-corrected chi connectivity index (χ0v) is 10.2. The first-order valence-corrected chi connectivity index (χ1v) is 5.75. The molecule has 19 heavy (non-hydrogen) atoms. The van der Waals surface area contributed by atoms with Crippen molar-refractivity contribution in [1.82, 2.24) is 14.5 Å². The van der Waals surface area contributed by atoms with Crippen LogP contribution in [0, 0.1) is 11.3 Å². The zero-order chi connectivity index (χ0) is 13.4. The van der Waals surface area contributed by atoms with Gasteiger partial charge in [-0.25, -0.2) is 4.98 Å².